The largest absolute Gasteiger partial charge is 0.394 e. The minimum Gasteiger partial charge on any atom is -0.394 e. The van der Waals surface area contributed by atoms with E-state index in [1.165, 1.54) is 0 Å². The molecule has 118 valence electrons. The van der Waals surface area contributed by atoms with E-state index in [1.807, 2.05) is 0 Å². The van der Waals surface area contributed by atoms with Crippen LogP contribution in [0.15, 0.2) is 6.20 Å². The van der Waals surface area contributed by atoms with E-state index in [2.05, 4.69) is 29.5 Å². The Morgan fingerprint density at radius 2 is 2.24 bits per heavy atom. The highest BCUT2D eigenvalue weighted by atomic mass is 16.5. The van der Waals surface area contributed by atoms with E-state index in [0.717, 1.165) is 19.3 Å². The Morgan fingerprint density at radius 3 is 2.86 bits per heavy atom. The van der Waals surface area contributed by atoms with Gasteiger partial charge in [0.05, 0.1) is 24.9 Å². The first-order valence-electron chi connectivity index (χ1n) is 7.51. The number of aromatic nitrogens is 3. The zero-order valence-corrected chi connectivity index (χ0v) is 12.7. The highest BCUT2D eigenvalue weighted by Gasteiger charge is 2.21. The van der Waals surface area contributed by atoms with Crippen molar-refractivity contribution in [1.82, 2.24) is 20.3 Å². The molecule has 2 N–H and O–H groups in total. The quantitative estimate of drug-likeness (QED) is 0.809. The van der Waals surface area contributed by atoms with Crippen LogP contribution >= 0.6 is 0 Å². The van der Waals surface area contributed by atoms with Crippen molar-refractivity contribution in [3.05, 3.63) is 11.9 Å². The Morgan fingerprint density at radius 1 is 1.52 bits per heavy atom. The first-order valence-corrected chi connectivity index (χ1v) is 7.51. The van der Waals surface area contributed by atoms with Crippen molar-refractivity contribution in [1.29, 1.82) is 0 Å². The zero-order valence-electron chi connectivity index (χ0n) is 12.7. The molecule has 1 aromatic rings. The van der Waals surface area contributed by atoms with Crippen LogP contribution in [-0.4, -0.2) is 51.9 Å². The van der Waals surface area contributed by atoms with Crippen molar-refractivity contribution < 1.29 is 14.6 Å². The van der Waals surface area contributed by atoms with Crippen LogP contribution < -0.4 is 5.32 Å². The van der Waals surface area contributed by atoms with Gasteiger partial charge in [-0.1, -0.05) is 19.1 Å². The number of rotatable bonds is 6. The molecule has 2 rings (SSSR count). The van der Waals surface area contributed by atoms with Gasteiger partial charge >= 0.3 is 0 Å². The van der Waals surface area contributed by atoms with E-state index in [1.54, 1.807) is 10.9 Å². The SMILES string of the molecule is CC(C)CC(CO)NC(=O)c1cn(C2CCOCC2)nn1. The molecule has 1 aliphatic heterocycles. The summed E-state index contributed by atoms with van der Waals surface area (Å²) in [5, 5.41) is 20.1. The van der Waals surface area contributed by atoms with Gasteiger partial charge in [0.1, 0.15) is 0 Å². The summed E-state index contributed by atoms with van der Waals surface area (Å²) in [5.74, 6) is 0.119. The molecule has 0 spiro atoms. The second kappa shape index (κ2) is 7.51. The van der Waals surface area contributed by atoms with Crippen molar-refractivity contribution in [2.75, 3.05) is 19.8 Å². The molecule has 1 aromatic heterocycles. The third-order valence-corrected chi connectivity index (χ3v) is 3.62. The maximum atomic E-state index is 12.1. The summed E-state index contributed by atoms with van der Waals surface area (Å²) in [7, 11) is 0. The van der Waals surface area contributed by atoms with Gasteiger partial charge < -0.3 is 15.2 Å². The lowest BCUT2D eigenvalue weighted by atomic mass is 10.0. The summed E-state index contributed by atoms with van der Waals surface area (Å²) in [5.41, 5.74) is 0.295. The molecule has 0 saturated carbocycles. The summed E-state index contributed by atoms with van der Waals surface area (Å²) >= 11 is 0. The lowest BCUT2D eigenvalue weighted by Crippen LogP contribution is -2.38. The van der Waals surface area contributed by atoms with Gasteiger partial charge in [-0.15, -0.1) is 5.10 Å². The van der Waals surface area contributed by atoms with Gasteiger partial charge in [0.2, 0.25) is 0 Å². The molecule has 21 heavy (non-hydrogen) atoms. The lowest BCUT2D eigenvalue weighted by molar-refractivity contribution is 0.0657. The highest BCUT2D eigenvalue weighted by Crippen LogP contribution is 2.19. The van der Waals surface area contributed by atoms with Gasteiger partial charge in [0.15, 0.2) is 5.69 Å². The molecular formula is C14H24N4O3. The van der Waals surface area contributed by atoms with Gasteiger partial charge in [-0.2, -0.15) is 0 Å². The third-order valence-electron chi connectivity index (χ3n) is 3.62. The fourth-order valence-electron chi connectivity index (χ4n) is 2.52. The smallest absolute Gasteiger partial charge is 0.273 e. The number of nitrogens with one attached hydrogen (secondary N) is 1. The number of nitrogens with zero attached hydrogens (tertiary/aromatic N) is 3. The molecule has 1 atom stereocenters. The maximum absolute atomic E-state index is 12.1. The fourth-order valence-corrected chi connectivity index (χ4v) is 2.52. The normalized spacial score (nSPS) is 17.9. The first kappa shape index (κ1) is 15.9. The summed E-state index contributed by atoms with van der Waals surface area (Å²) in [6.07, 6.45) is 4.18. The monoisotopic (exact) mass is 296 g/mol. The van der Waals surface area contributed by atoms with Crippen molar-refractivity contribution in [3.63, 3.8) is 0 Å². The number of aliphatic hydroxyl groups excluding tert-OH is 1. The second-order valence-corrected chi connectivity index (χ2v) is 5.91. The Kier molecular flexibility index (Phi) is 5.69. The summed E-state index contributed by atoms with van der Waals surface area (Å²) in [6.45, 7) is 5.46. The van der Waals surface area contributed by atoms with E-state index < -0.39 is 0 Å². The van der Waals surface area contributed by atoms with Gasteiger partial charge in [0, 0.05) is 13.2 Å². The Labute approximate surface area is 124 Å². The average Bonchev–Trinajstić information content (AvgIpc) is 2.97. The maximum Gasteiger partial charge on any atom is 0.273 e. The topological polar surface area (TPSA) is 89.3 Å². The van der Waals surface area contributed by atoms with Gasteiger partial charge in [-0.05, 0) is 25.2 Å². The Balaban J connectivity index is 1.94. The van der Waals surface area contributed by atoms with Crippen LogP contribution in [0.4, 0.5) is 0 Å². The number of hydrogen-bond acceptors (Lipinski definition) is 5. The van der Waals surface area contributed by atoms with Crippen LogP contribution in [0.1, 0.15) is 49.6 Å². The van der Waals surface area contributed by atoms with Crippen LogP contribution in [0.5, 0.6) is 0 Å². The first-order chi connectivity index (χ1) is 10.1. The molecule has 7 nitrogen and oxygen atoms in total. The van der Waals surface area contributed by atoms with Crippen LogP contribution in [0.3, 0.4) is 0 Å². The molecule has 0 aromatic carbocycles. The van der Waals surface area contributed by atoms with Gasteiger partial charge in [-0.3, -0.25) is 4.79 Å². The molecule has 1 aliphatic rings. The van der Waals surface area contributed by atoms with Crippen LogP contribution in [-0.2, 0) is 4.74 Å². The second-order valence-electron chi connectivity index (χ2n) is 5.91. The zero-order chi connectivity index (χ0) is 15.2. The Bertz CT molecular complexity index is 455. The lowest BCUT2D eigenvalue weighted by Gasteiger charge is -2.21. The van der Waals surface area contributed by atoms with Crippen molar-refractivity contribution in [2.24, 2.45) is 5.92 Å². The van der Waals surface area contributed by atoms with E-state index in [4.69, 9.17) is 4.74 Å². The number of ether oxygens (including phenoxy) is 1. The van der Waals surface area contributed by atoms with E-state index >= 15 is 0 Å². The standard InChI is InChI=1S/C14H24N4O3/c1-10(2)7-11(9-19)15-14(20)13-8-18(17-16-13)12-3-5-21-6-4-12/h8,10-12,19H,3-7,9H2,1-2H3,(H,15,20). The summed E-state index contributed by atoms with van der Waals surface area (Å²) < 4.78 is 7.05. The molecule has 0 bridgehead atoms. The van der Waals surface area contributed by atoms with Crippen LogP contribution in [0.2, 0.25) is 0 Å². The van der Waals surface area contributed by atoms with Gasteiger partial charge in [0.25, 0.3) is 5.91 Å². The van der Waals surface area contributed by atoms with E-state index in [9.17, 15) is 9.90 Å². The summed E-state index contributed by atoms with van der Waals surface area (Å²) in [6, 6.07) is 0.00262. The molecule has 1 fully saturated rings. The predicted molar refractivity (Wildman–Crippen MR) is 76.9 cm³/mol. The number of carbonyl (C=O) groups excluding carboxylic acids is 1. The molecule has 7 heteroatoms. The molecule has 1 amide bonds. The molecule has 1 unspecified atom stereocenters. The van der Waals surface area contributed by atoms with Crippen molar-refractivity contribution in [3.8, 4) is 0 Å². The third kappa shape index (κ3) is 4.50. The minimum atomic E-state index is -0.284. The van der Waals surface area contributed by atoms with Crippen LogP contribution in [0, 0.1) is 5.92 Å². The number of aliphatic hydroxyl groups is 1. The molecule has 2 heterocycles. The predicted octanol–water partition coefficient (Wildman–Crippen LogP) is 0.766. The average molecular weight is 296 g/mol. The highest BCUT2D eigenvalue weighted by molar-refractivity contribution is 5.92. The molecule has 0 aliphatic carbocycles. The summed E-state index contributed by atoms with van der Waals surface area (Å²) in [4.78, 5) is 12.1. The minimum absolute atomic E-state index is 0.0714. The van der Waals surface area contributed by atoms with Crippen LogP contribution in [0.25, 0.3) is 0 Å². The molecule has 1 saturated heterocycles. The van der Waals surface area contributed by atoms with E-state index in [0.29, 0.717) is 24.8 Å². The van der Waals surface area contributed by atoms with Gasteiger partial charge in [-0.25, -0.2) is 4.68 Å². The van der Waals surface area contributed by atoms with Crippen molar-refractivity contribution >= 4 is 5.91 Å². The fraction of sp³-hybridized carbons (Fsp3) is 0.786. The molecule has 0 radical (unpaired) electrons. The number of amides is 1. The van der Waals surface area contributed by atoms with Crippen molar-refractivity contribution in [2.45, 2.75) is 45.2 Å². The van der Waals surface area contributed by atoms with E-state index in [-0.39, 0.29) is 24.6 Å². The Hall–Kier alpha value is -1.47. The molecular weight excluding hydrogens is 272 g/mol. The number of carbonyl (C=O) groups is 1. The number of hydrogen-bond donors (Lipinski definition) is 2.